The summed E-state index contributed by atoms with van der Waals surface area (Å²) in [6, 6.07) is 1.70. The molecule has 0 aliphatic carbocycles. The Morgan fingerprint density at radius 1 is 1.50 bits per heavy atom. The summed E-state index contributed by atoms with van der Waals surface area (Å²) in [7, 11) is -3.11. The third-order valence-electron chi connectivity index (χ3n) is 1.86. The zero-order valence-electron chi connectivity index (χ0n) is 6.64. The van der Waals surface area contributed by atoms with Crippen LogP contribution in [-0.2, 0) is 16.6 Å². The van der Waals surface area contributed by atoms with Gasteiger partial charge in [-0.2, -0.15) is 5.10 Å². The molecule has 0 radical (unpaired) electrons. The minimum absolute atomic E-state index is 0.502. The van der Waals surface area contributed by atoms with Gasteiger partial charge in [0.15, 0.2) is 0 Å². The monoisotopic (exact) mass is 187 g/mol. The number of sulfonamides is 1. The number of hydrogen-bond donors (Lipinski definition) is 0. The van der Waals surface area contributed by atoms with Crippen LogP contribution < -0.4 is 4.31 Å². The van der Waals surface area contributed by atoms with Crippen molar-refractivity contribution in [3.05, 3.63) is 12.3 Å². The van der Waals surface area contributed by atoms with Gasteiger partial charge in [-0.1, -0.05) is 0 Å². The number of nitrogens with zero attached hydrogens (tertiary/aromatic N) is 3. The average molecular weight is 187 g/mol. The van der Waals surface area contributed by atoms with E-state index in [0.29, 0.717) is 18.9 Å². The summed E-state index contributed by atoms with van der Waals surface area (Å²) in [5.74, 6) is 0.664. The molecule has 0 aromatic carbocycles. The Bertz CT molecular complexity index is 395. The van der Waals surface area contributed by atoms with Gasteiger partial charge >= 0.3 is 0 Å². The molecular formula is C6H9N3O2S. The Kier molecular flexibility index (Phi) is 1.41. The lowest BCUT2D eigenvalue weighted by Gasteiger charge is -2.12. The Hall–Kier alpha value is -1.04. The summed E-state index contributed by atoms with van der Waals surface area (Å²) in [5.41, 5.74) is 0. The fourth-order valence-electron chi connectivity index (χ4n) is 1.35. The number of anilines is 1. The van der Waals surface area contributed by atoms with Gasteiger partial charge in [0, 0.05) is 6.07 Å². The first-order chi connectivity index (χ1) is 5.59. The maximum atomic E-state index is 11.2. The lowest BCUT2D eigenvalue weighted by molar-refractivity contribution is 0.597. The van der Waals surface area contributed by atoms with Crippen molar-refractivity contribution < 1.29 is 8.42 Å². The molecule has 6 heteroatoms. The van der Waals surface area contributed by atoms with Crippen molar-refractivity contribution in [3.8, 4) is 0 Å². The zero-order chi connectivity index (χ0) is 8.77. The lowest BCUT2D eigenvalue weighted by atomic mass is 10.6. The molecule has 0 saturated carbocycles. The third-order valence-corrected chi connectivity index (χ3v) is 3.04. The minimum atomic E-state index is -3.11. The second-order valence-corrected chi connectivity index (χ2v) is 4.65. The molecular weight excluding hydrogens is 178 g/mol. The summed E-state index contributed by atoms with van der Waals surface area (Å²) in [6.45, 7) is 1.15. The SMILES string of the molecule is CS(=O)(=O)N1CCn2nccc21. The van der Waals surface area contributed by atoms with Crippen molar-refractivity contribution in [1.82, 2.24) is 9.78 Å². The summed E-state index contributed by atoms with van der Waals surface area (Å²) < 4.78 is 25.4. The number of rotatable bonds is 1. The fourth-order valence-corrected chi connectivity index (χ4v) is 2.25. The van der Waals surface area contributed by atoms with Gasteiger partial charge in [0.2, 0.25) is 10.0 Å². The first-order valence-corrected chi connectivity index (χ1v) is 5.43. The van der Waals surface area contributed by atoms with Crippen LogP contribution in [0.15, 0.2) is 12.3 Å². The van der Waals surface area contributed by atoms with Crippen LogP contribution in [0.4, 0.5) is 5.82 Å². The van der Waals surface area contributed by atoms with Gasteiger partial charge < -0.3 is 0 Å². The van der Waals surface area contributed by atoms with Crippen molar-refractivity contribution in [3.63, 3.8) is 0 Å². The smallest absolute Gasteiger partial charge is 0.233 e. The van der Waals surface area contributed by atoms with Crippen molar-refractivity contribution in [2.75, 3.05) is 17.1 Å². The predicted octanol–water partition coefficient (Wildman–Crippen LogP) is -0.337. The highest BCUT2D eigenvalue weighted by molar-refractivity contribution is 7.92. The molecule has 0 amide bonds. The molecule has 1 aromatic heterocycles. The topological polar surface area (TPSA) is 55.2 Å². The van der Waals surface area contributed by atoms with Gasteiger partial charge in [-0.15, -0.1) is 0 Å². The van der Waals surface area contributed by atoms with E-state index in [1.54, 1.807) is 16.9 Å². The molecule has 0 atom stereocenters. The molecule has 0 saturated heterocycles. The van der Waals surface area contributed by atoms with Crippen molar-refractivity contribution >= 4 is 15.8 Å². The first kappa shape index (κ1) is 7.60. The highest BCUT2D eigenvalue weighted by atomic mass is 32.2. The molecule has 1 aliphatic heterocycles. The highest BCUT2D eigenvalue weighted by Crippen LogP contribution is 2.21. The highest BCUT2D eigenvalue weighted by Gasteiger charge is 2.26. The second-order valence-electron chi connectivity index (χ2n) is 2.75. The molecule has 0 spiro atoms. The van der Waals surface area contributed by atoms with Crippen molar-refractivity contribution in [2.24, 2.45) is 0 Å². The molecule has 12 heavy (non-hydrogen) atoms. The van der Waals surface area contributed by atoms with E-state index in [4.69, 9.17) is 0 Å². The summed E-state index contributed by atoms with van der Waals surface area (Å²) in [5, 5.41) is 3.97. The molecule has 0 unspecified atom stereocenters. The summed E-state index contributed by atoms with van der Waals surface area (Å²) >= 11 is 0. The first-order valence-electron chi connectivity index (χ1n) is 3.58. The fraction of sp³-hybridized carbons (Fsp3) is 0.500. The lowest BCUT2D eigenvalue weighted by Crippen LogP contribution is -2.27. The van der Waals surface area contributed by atoms with Crippen LogP contribution in [0.25, 0.3) is 0 Å². The zero-order valence-corrected chi connectivity index (χ0v) is 7.45. The maximum Gasteiger partial charge on any atom is 0.233 e. The van der Waals surface area contributed by atoms with E-state index < -0.39 is 10.0 Å². The Balaban J connectivity index is 2.48. The van der Waals surface area contributed by atoms with Crippen LogP contribution in [0.3, 0.4) is 0 Å². The van der Waals surface area contributed by atoms with E-state index in [1.165, 1.54) is 10.6 Å². The van der Waals surface area contributed by atoms with E-state index >= 15 is 0 Å². The van der Waals surface area contributed by atoms with Crippen LogP contribution >= 0.6 is 0 Å². The normalized spacial score (nSPS) is 16.6. The van der Waals surface area contributed by atoms with E-state index in [2.05, 4.69) is 5.10 Å². The Morgan fingerprint density at radius 3 is 2.92 bits per heavy atom. The minimum Gasteiger partial charge on any atom is -0.252 e. The van der Waals surface area contributed by atoms with Crippen LogP contribution in [-0.4, -0.2) is 31.0 Å². The van der Waals surface area contributed by atoms with Gasteiger partial charge in [-0.3, -0.25) is 4.31 Å². The summed E-state index contributed by atoms with van der Waals surface area (Å²) in [6.07, 6.45) is 2.81. The molecule has 0 fully saturated rings. The van der Waals surface area contributed by atoms with Gasteiger partial charge in [-0.05, 0) is 0 Å². The predicted molar refractivity (Wildman–Crippen MR) is 44.4 cm³/mol. The molecule has 5 nitrogen and oxygen atoms in total. The van der Waals surface area contributed by atoms with Gasteiger partial charge in [0.05, 0.1) is 25.5 Å². The van der Waals surface area contributed by atoms with Crippen LogP contribution in [0.1, 0.15) is 0 Å². The standard InChI is InChI=1S/C6H9N3O2S/c1-12(10,11)9-5-4-8-6(9)2-3-7-8/h2-3H,4-5H2,1H3. The van der Waals surface area contributed by atoms with E-state index in [1.807, 2.05) is 0 Å². The van der Waals surface area contributed by atoms with E-state index in [9.17, 15) is 8.42 Å². The largest absolute Gasteiger partial charge is 0.252 e. The second kappa shape index (κ2) is 2.22. The quantitative estimate of drug-likeness (QED) is 0.604. The van der Waals surface area contributed by atoms with E-state index in [-0.39, 0.29) is 0 Å². The van der Waals surface area contributed by atoms with Gasteiger partial charge in [-0.25, -0.2) is 13.1 Å². The van der Waals surface area contributed by atoms with Crippen LogP contribution in [0.5, 0.6) is 0 Å². The van der Waals surface area contributed by atoms with Crippen LogP contribution in [0, 0.1) is 0 Å². The van der Waals surface area contributed by atoms with Gasteiger partial charge in [0.25, 0.3) is 0 Å². The molecule has 2 rings (SSSR count). The number of aromatic nitrogens is 2. The molecule has 0 bridgehead atoms. The molecule has 1 aromatic rings. The Morgan fingerprint density at radius 2 is 2.25 bits per heavy atom. The molecule has 0 N–H and O–H groups in total. The maximum absolute atomic E-state index is 11.2. The Labute approximate surface area is 70.6 Å². The third kappa shape index (κ3) is 0.989. The number of hydrogen-bond acceptors (Lipinski definition) is 3. The van der Waals surface area contributed by atoms with Crippen LogP contribution in [0.2, 0.25) is 0 Å². The van der Waals surface area contributed by atoms with Gasteiger partial charge in [0.1, 0.15) is 5.82 Å². The summed E-state index contributed by atoms with van der Waals surface area (Å²) in [4.78, 5) is 0. The van der Waals surface area contributed by atoms with E-state index in [0.717, 1.165) is 0 Å². The van der Waals surface area contributed by atoms with Crippen molar-refractivity contribution in [1.29, 1.82) is 0 Å². The van der Waals surface area contributed by atoms with Crippen molar-refractivity contribution in [2.45, 2.75) is 6.54 Å². The molecule has 1 aliphatic rings. The average Bonchev–Trinajstić information content (AvgIpc) is 2.37. The molecule has 66 valence electrons. The number of fused-ring (bicyclic) bond motifs is 1. The molecule has 2 heterocycles.